The molecular formula is C25H32N8O2. The van der Waals surface area contributed by atoms with Crippen molar-refractivity contribution in [1.29, 1.82) is 0 Å². The lowest BCUT2D eigenvalue weighted by Gasteiger charge is -2.37. The largest absolute Gasteiger partial charge is 0.381 e. The topological polar surface area (TPSA) is 103 Å². The highest BCUT2D eigenvalue weighted by molar-refractivity contribution is 5.94. The molecule has 4 atom stereocenters. The lowest BCUT2D eigenvalue weighted by atomic mass is 9.95. The van der Waals surface area contributed by atoms with Gasteiger partial charge in [0.1, 0.15) is 0 Å². The number of imidazole rings is 1. The molecular weight excluding hydrogens is 444 g/mol. The molecule has 1 saturated carbocycles. The molecule has 10 heteroatoms. The normalized spacial score (nSPS) is 25.2. The summed E-state index contributed by atoms with van der Waals surface area (Å²) in [5.74, 6) is 1.79. The molecule has 1 N–H and O–H groups in total. The smallest absolute Gasteiger partial charge is 0.255 e. The van der Waals surface area contributed by atoms with Gasteiger partial charge in [-0.25, -0.2) is 15.0 Å². The minimum atomic E-state index is -0.128. The van der Waals surface area contributed by atoms with Gasteiger partial charge in [0.2, 0.25) is 5.95 Å². The fourth-order valence-electron chi connectivity index (χ4n) is 6.12. The van der Waals surface area contributed by atoms with Gasteiger partial charge in [-0.15, -0.1) is 0 Å². The Kier molecular flexibility index (Phi) is 5.55. The molecule has 35 heavy (non-hydrogen) atoms. The number of aryl methyl sites for hydroxylation is 2. The highest BCUT2D eigenvalue weighted by atomic mass is 16.5. The first-order valence-electron chi connectivity index (χ1n) is 12.4. The van der Waals surface area contributed by atoms with Crippen LogP contribution in [0.4, 0.5) is 5.95 Å². The van der Waals surface area contributed by atoms with Crippen molar-refractivity contribution in [1.82, 2.24) is 34.6 Å². The second-order valence-electron chi connectivity index (χ2n) is 10.2. The first-order valence-corrected chi connectivity index (χ1v) is 12.4. The van der Waals surface area contributed by atoms with E-state index in [0.717, 1.165) is 48.8 Å². The molecule has 0 radical (unpaired) electrons. The van der Waals surface area contributed by atoms with Crippen molar-refractivity contribution in [3.05, 3.63) is 53.1 Å². The summed E-state index contributed by atoms with van der Waals surface area (Å²) in [6.45, 7) is 4.43. The molecule has 1 amide bonds. The van der Waals surface area contributed by atoms with Crippen LogP contribution in [-0.2, 0) is 24.8 Å². The average molecular weight is 477 g/mol. The predicted octanol–water partition coefficient (Wildman–Crippen LogP) is 2.04. The molecule has 10 nitrogen and oxygen atoms in total. The van der Waals surface area contributed by atoms with Crippen molar-refractivity contribution < 1.29 is 9.53 Å². The van der Waals surface area contributed by atoms with Gasteiger partial charge in [-0.2, -0.15) is 5.10 Å². The van der Waals surface area contributed by atoms with Gasteiger partial charge in [0.15, 0.2) is 0 Å². The Labute approximate surface area is 204 Å². The summed E-state index contributed by atoms with van der Waals surface area (Å²) in [7, 11) is 3.82. The molecule has 2 fully saturated rings. The number of nitrogens with zero attached hydrogens (tertiary/aromatic N) is 7. The quantitative estimate of drug-likeness (QED) is 0.581. The molecule has 2 bridgehead atoms. The van der Waals surface area contributed by atoms with Gasteiger partial charge in [0.25, 0.3) is 5.91 Å². The first kappa shape index (κ1) is 22.2. The molecule has 2 aliphatic carbocycles. The van der Waals surface area contributed by atoms with Gasteiger partial charge in [0, 0.05) is 68.4 Å². The van der Waals surface area contributed by atoms with Crippen molar-refractivity contribution >= 4 is 11.9 Å². The van der Waals surface area contributed by atoms with Crippen LogP contribution in [0.2, 0.25) is 0 Å². The maximum Gasteiger partial charge on any atom is 0.255 e. The number of fused-ring (bicyclic) bond motifs is 3. The predicted molar refractivity (Wildman–Crippen MR) is 129 cm³/mol. The summed E-state index contributed by atoms with van der Waals surface area (Å²) in [6.07, 6.45) is 11.7. The number of ether oxygens (including phenoxy) is 1. The third-order valence-electron chi connectivity index (χ3n) is 7.99. The van der Waals surface area contributed by atoms with Crippen molar-refractivity contribution in [3.63, 3.8) is 0 Å². The Morgan fingerprint density at radius 2 is 1.97 bits per heavy atom. The molecule has 3 aliphatic rings. The number of hydrogen-bond donors (Lipinski definition) is 1. The fourth-order valence-corrected chi connectivity index (χ4v) is 6.12. The number of rotatable bonds is 6. The van der Waals surface area contributed by atoms with E-state index in [9.17, 15) is 4.79 Å². The van der Waals surface area contributed by atoms with E-state index in [4.69, 9.17) is 9.72 Å². The Balaban J connectivity index is 1.10. The fraction of sp³-hybridized carbons (Fsp3) is 0.560. The summed E-state index contributed by atoms with van der Waals surface area (Å²) in [5, 5.41) is 7.52. The number of carbonyl (C=O) groups is 1. The van der Waals surface area contributed by atoms with Gasteiger partial charge in [-0.3, -0.25) is 9.48 Å². The summed E-state index contributed by atoms with van der Waals surface area (Å²) < 4.78 is 9.53. The van der Waals surface area contributed by atoms with E-state index in [1.54, 1.807) is 17.1 Å². The number of piperidine rings is 1. The third kappa shape index (κ3) is 3.99. The van der Waals surface area contributed by atoms with Gasteiger partial charge in [-0.1, -0.05) is 0 Å². The highest BCUT2D eigenvalue weighted by Crippen LogP contribution is 2.39. The van der Waals surface area contributed by atoms with E-state index in [0.29, 0.717) is 30.0 Å². The monoisotopic (exact) mass is 476 g/mol. The van der Waals surface area contributed by atoms with E-state index in [2.05, 4.69) is 25.3 Å². The van der Waals surface area contributed by atoms with E-state index >= 15 is 0 Å². The molecule has 6 rings (SSSR count). The lowest BCUT2D eigenvalue weighted by molar-refractivity contribution is 0.0293. The number of hydrogen-bond acceptors (Lipinski definition) is 7. The molecule has 0 aromatic carbocycles. The van der Waals surface area contributed by atoms with Crippen LogP contribution < -0.4 is 10.2 Å². The molecule has 1 aliphatic heterocycles. The molecule has 184 valence electrons. The highest BCUT2D eigenvalue weighted by Gasteiger charge is 2.42. The zero-order chi connectivity index (χ0) is 24.1. The number of methoxy groups -OCH3 is 1. The van der Waals surface area contributed by atoms with Crippen molar-refractivity contribution in [2.24, 2.45) is 18.9 Å². The molecule has 1 saturated heterocycles. The Bertz CT molecular complexity index is 1240. The van der Waals surface area contributed by atoms with E-state index < -0.39 is 0 Å². The second kappa shape index (κ2) is 8.75. The van der Waals surface area contributed by atoms with Gasteiger partial charge in [-0.05, 0) is 32.6 Å². The molecule has 3 aromatic rings. The van der Waals surface area contributed by atoms with Crippen molar-refractivity contribution in [3.8, 4) is 0 Å². The van der Waals surface area contributed by atoms with Crippen LogP contribution in [-0.4, -0.2) is 61.5 Å². The minimum absolute atomic E-state index is 0.0468. The number of anilines is 1. The third-order valence-corrected chi connectivity index (χ3v) is 7.99. The van der Waals surface area contributed by atoms with Crippen molar-refractivity contribution in [2.75, 3.05) is 25.1 Å². The summed E-state index contributed by atoms with van der Waals surface area (Å²) in [4.78, 5) is 29.1. The van der Waals surface area contributed by atoms with Crippen LogP contribution >= 0.6 is 0 Å². The van der Waals surface area contributed by atoms with Crippen LogP contribution in [0.5, 0.6) is 0 Å². The number of aromatic nitrogens is 6. The molecule has 0 spiro atoms. The van der Waals surface area contributed by atoms with Crippen LogP contribution in [0.15, 0.2) is 24.9 Å². The van der Waals surface area contributed by atoms with Crippen LogP contribution in [0.1, 0.15) is 58.3 Å². The standard InChI is InChI=1S/C25H32N8O2/c1-15-18(8-26-25(29-15)32-10-16-4-5-17(11-32)23(16)35-3)12-33-13-19(9-28-33)24(34)30-20-6-7-21-22(20)27-14-31(21)2/h8-9,13-14,16-17,20,23H,4-7,10-12H2,1-3H3,(H,30,34)/t16-,17+,20-,23?/m1/s1. The van der Waals surface area contributed by atoms with Gasteiger partial charge < -0.3 is 19.5 Å². The summed E-state index contributed by atoms with van der Waals surface area (Å²) in [6, 6.07) is -0.0468. The molecule has 1 unspecified atom stereocenters. The SMILES string of the molecule is COC1[C@@H]2CC[C@H]1CN(c1ncc(Cn3cc(C(=O)N[C@@H]4CCc5c4ncn5C)cn3)c(C)n1)C2. The zero-order valence-corrected chi connectivity index (χ0v) is 20.5. The maximum atomic E-state index is 12.8. The number of carbonyl (C=O) groups excluding carboxylic acids is 1. The number of nitrogens with one attached hydrogen (secondary N) is 1. The Hall–Kier alpha value is -3.27. The van der Waals surface area contributed by atoms with Gasteiger partial charge >= 0.3 is 0 Å². The van der Waals surface area contributed by atoms with Crippen LogP contribution in [0.25, 0.3) is 0 Å². The Morgan fingerprint density at radius 3 is 2.71 bits per heavy atom. The average Bonchev–Trinajstić information content (AvgIpc) is 3.61. The lowest BCUT2D eigenvalue weighted by Crippen LogP contribution is -2.46. The van der Waals surface area contributed by atoms with E-state index in [1.165, 1.54) is 18.5 Å². The zero-order valence-electron chi connectivity index (χ0n) is 20.5. The first-order chi connectivity index (χ1) is 17.0. The maximum absolute atomic E-state index is 12.8. The van der Waals surface area contributed by atoms with Crippen molar-refractivity contribution in [2.45, 2.75) is 51.3 Å². The van der Waals surface area contributed by atoms with E-state index in [1.807, 2.05) is 38.2 Å². The van der Waals surface area contributed by atoms with Crippen LogP contribution in [0.3, 0.4) is 0 Å². The Morgan fingerprint density at radius 1 is 1.17 bits per heavy atom. The number of amides is 1. The minimum Gasteiger partial charge on any atom is -0.381 e. The molecule has 4 heterocycles. The van der Waals surface area contributed by atoms with E-state index in [-0.39, 0.29) is 11.9 Å². The summed E-state index contributed by atoms with van der Waals surface area (Å²) in [5.41, 5.74) is 4.64. The van der Waals surface area contributed by atoms with Crippen LogP contribution in [0, 0.1) is 18.8 Å². The summed E-state index contributed by atoms with van der Waals surface area (Å²) >= 11 is 0. The van der Waals surface area contributed by atoms with Gasteiger partial charge in [0.05, 0.1) is 42.5 Å². The molecule has 3 aromatic heterocycles. The second-order valence-corrected chi connectivity index (χ2v) is 10.2.